The molecule has 0 aromatic heterocycles. The first kappa shape index (κ1) is 25.5. The summed E-state index contributed by atoms with van der Waals surface area (Å²) in [5, 5.41) is 6.05. The van der Waals surface area contributed by atoms with E-state index in [9.17, 15) is 9.59 Å². The van der Waals surface area contributed by atoms with Gasteiger partial charge < -0.3 is 10.6 Å². The first-order chi connectivity index (χ1) is 18.3. The van der Waals surface area contributed by atoms with E-state index < -0.39 is 0 Å². The smallest absolute Gasteiger partial charge is 0.251 e. The van der Waals surface area contributed by atoms with Gasteiger partial charge in [0.25, 0.3) is 11.8 Å². The second-order valence-electron chi connectivity index (χ2n) is 11.0. The third-order valence-corrected chi connectivity index (χ3v) is 8.21. The minimum atomic E-state index is -0.250. The van der Waals surface area contributed by atoms with Crippen molar-refractivity contribution in [2.75, 3.05) is 0 Å². The largest absolute Gasteiger partial charge is 0.348 e. The molecule has 1 unspecified atom stereocenters. The molecule has 0 saturated heterocycles. The van der Waals surface area contributed by atoms with E-state index in [1.807, 2.05) is 84.9 Å². The molecule has 4 aromatic carbocycles. The van der Waals surface area contributed by atoms with Gasteiger partial charge in [-0.3, -0.25) is 9.59 Å². The standard InChI is InChI=1S/C34H34N2O2/c1-33(2)21-28-20-27(32(38)36-23-25-12-8-5-9-13-25)16-19-30(28)34(33,3)29-17-14-26(15-18-29)31(37)35-22-24-10-6-4-7-11-24/h4-20H,21-23H2,1-3H3,(H,35,37)(H,36,38). The van der Waals surface area contributed by atoms with Gasteiger partial charge in [0, 0.05) is 29.6 Å². The van der Waals surface area contributed by atoms with Crippen molar-refractivity contribution in [1.29, 1.82) is 0 Å². The lowest BCUT2D eigenvalue weighted by Crippen LogP contribution is -2.36. The van der Waals surface area contributed by atoms with Crippen LogP contribution in [0.15, 0.2) is 103 Å². The lowest BCUT2D eigenvalue weighted by atomic mass is 9.63. The lowest BCUT2D eigenvalue weighted by Gasteiger charge is -2.40. The minimum absolute atomic E-state index is 0.0612. The summed E-state index contributed by atoms with van der Waals surface area (Å²) in [5.74, 6) is -0.142. The van der Waals surface area contributed by atoms with Gasteiger partial charge in [-0.25, -0.2) is 0 Å². The number of carbonyl (C=O) groups is 2. The van der Waals surface area contributed by atoms with Crippen molar-refractivity contribution < 1.29 is 9.59 Å². The summed E-state index contributed by atoms with van der Waals surface area (Å²) in [4.78, 5) is 25.7. The Morgan fingerprint density at radius 3 is 1.71 bits per heavy atom. The van der Waals surface area contributed by atoms with Crippen LogP contribution in [0.4, 0.5) is 0 Å². The Bertz CT molecular complexity index is 1440. The molecule has 5 rings (SSSR count). The van der Waals surface area contributed by atoms with Crippen LogP contribution in [-0.4, -0.2) is 11.8 Å². The Kier molecular flexibility index (Phi) is 6.90. The SMILES string of the molecule is CC1(C)Cc2cc(C(=O)NCc3ccccc3)ccc2C1(C)c1ccc(C(=O)NCc2ccccc2)cc1. The van der Waals surface area contributed by atoms with Crippen molar-refractivity contribution in [3.63, 3.8) is 0 Å². The predicted octanol–water partition coefficient (Wildman–Crippen LogP) is 6.43. The zero-order valence-electron chi connectivity index (χ0n) is 22.3. The Morgan fingerprint density at radius 2 is 1.16 bits per heavy atom. The molecule has 1 aliphatic rings. The molecule has 0 saturated carbocycles. The first-order valence-electron chi connectivity index (χ1n) is 13.2. The molecule has 4 nitrogen and oxygen atoms in total. The number of benzene rings is 4. The zero-order chi connectivity index (χ0) is 26.8. The molecule has 4 aromatic rings. The van der Waals surface area contributed by atoms with Crippen molar-refractivity contribution in [1.82, 2.24) is 10.6 Å². The number of nitrogens with one attached hydrogen (secondary N) is 2. The van der Waals surface area contributed by atoms with Gasteiger partial charge in [0.05, 0.1) is 0 Å². The molecule has 2 amide bonds. The molecule has 38 heavy (non-hydrogen) atoms. The summed E-state index contributed by atoms with van der Waals surface area (Å²) in [6.45, 7) is 7.84. The summed E-state index contributed by atoms with van der Waals surface area (Å²) in [5.41, 5.74) is 6.78. The number of hydrogen-bond donors (Lipinski definition) is 2. The van der Waals surface area contributed by atoms with E-state index in [-0.39, 0.29) is 22.6 Å². The number of carbonyl (C=O) groups excluding carboxylic acids is 2. The minimum Gasteiger partial charge on any atom is -0.348 e. The summed E-state index contributed by atoms with van der Waals surface area (Å²) in [6.07, 6.45) is 0.873. The highest BCUT2D eigenvalue weighted by Crippen LogP contribution is 2.55. The van der Waals surface area contributed by atoms with Gasteiger partial charge in [0.2, 0.25) is 0 Å². The second-order valence-corrected chi connectivity index (χ2v) is 11.0. The molecule has 2 N–H and O–H groups in total. The van der Waals surface area contributed by atoms with Crippen LogP contribution in [0.5, 0.6) is 0 Å². The summed E-state index contributed by atoms with van der Waals surface area (Å²) >= 11 is 0. The van der Waals surface area contributed by atoms with Crippen molar-refractivity contribution >= 4 is 11.8 Å². The van der Waals surface area contributed by atoms with E-state index in [0.717, 1.165) is 17.5 Å². The van der Waals surface area contributed by atoms with Gasteiger partial charge in [-0.1, -0.05) is 99.6 Å². The summed E-state index contributed by atoms with van der Waals surface area (Å²) in [7, 11) is 0. The topological polar surface area (TPSA) is 58.2 Å². The van der Waals surface area contributed by atoms with E-state index in [1.165, 1.54) is 16.7 Å². The van der Waals surface area contributed by atoms with E-state index >= 15 is 0 Å². The molecule has 4 heteroatoms. The highest BCUT2D eigenvalue weighted by Gasteiger charge is 2.50. The Hall–Kier alpha value is -4.18. The third kappa shape index (κ3) is 4.87. The molecule has 0 radical (unpaired) electrons. The van der Waals surface area contributed by atoms with E-state index in [0.29, 0.717) is 24.2 Å². The Balaban J connectivity index is 1.33. The van der Waals surface area contributed by atoms with Crippen molar-refractivity contribution in [3.05, 3.63) is 142 Å². The van der Waals surface area contributed by atoms with Crippen LogP contribution in [0, 0.1) is 5.41 Å². The van der Waals surface area contributed by atoms with Crippen LogP contribution in [0.25, 0.3) is 0 Å². The molecular weight excluding hydrogens is 468 g/mol. The Labute approximate surface area is 225 Å². The molecule has 0 spiro atoms. The van der Waals surface area contributed by atoms with Crippen LogP contribution in [-0.2, 0) is 24.9 Å². The van der Waals surface area contributed by atoms with Crippen LogP contribution in [0.1, 0.15) is 69.3 Å². The highest BCUT2D eigenvalue weighted by atomic mass is 16.2. The van der Waals surface area contributed by atoms with Crippen LogP contribution >= 0.6 is 0 Å². The molecule has 1 atom stereocenters. The Morgan fingerprint density at radius 1 is 0.658 bits per heavy atom. The quantitative estimate of drug-likeness (QED) is 0.306. The maximum Gasteiger partial charge on any atom is 0.251 e. The summed E-state index contributed by atoms with van der Waals surface area (Å²) in [6, 6.07) is 33.9. The fraction of sp³-hybridized carbons (Fsp3) is 0.235. The molecule has 0 heterocycles. The highest BCUT2D eigenvalue weighted by molar-refractivity contribution is 5.95. The fourth-order valence-electron chi connectivity index (χ4n) is 5.65. The molecule has 0 fully saturated rings. The molecule has 0 aliphatic heterocycles. The fourth-order valence-corrected chi connectivity index (χ4v) is 5.65. The molecule has 1 aliphatic carbocycles. The van der Waals surface area contributed by atoms with Crippen LogP contribution in [0.2, 0.25) is 0 Å². The monoisotopic (exact) mass is 502 g/mol. The number of fused-ring (bicyclic) bond motifs is 1. The maximum absolute atomic E-state index is 12.9. The number of rotatable bonds is 7. The van der Waals surface area contributed by atoms with Gasteiger partial charge in [0.1, 0.15) is 0 Å². The van der Waals surface area contributed by atoms with Crippen molar-refractivity contribution in [3.8, 4) is 0 Å². The van der Waals surface area contributed by atoms with Gasteiger partial charge in [0.15, 0.2) is 0 Å². The van der Waals surface area contributed by atoms with E-state index in [4.69, 9.17) is 0 Å². The van der Waals surface area contributed by atoms with Gasteiger partial charge in [-0.05, 0) is 63.9 Å². The van der Waals surface area contributed by atoms with E-state index in [1.54, 1.807) is 0 Å². The molecule has 0 bridgehead atoms. The average Bonchev–Trinajstić information content (AvgIpc) is 3.16. The predicted molar refractivity (Wildman–Crippen MR) is 152 cm³/mol. The van der Waals surface area contributed by atoms with Gasteiger partial charge in [-0.15, -0.1) is 0 Å². The maximum atomic E-state index is 12.9. The number of amides is 2. The first-order valence-corrected chi connectivity index (χ1v) is 13.2. The lowest BCUT2D eigenvalue weighted by molar-refractivity contribution is 0.0943. The van der Waals surface area contributed by atoms with Crippen molar-refractivity contribution in [2.45, 2.75) is 45.7 Å². The normalized spacial score (nSPS) is 17.4. The van der Waals surface area contributed by atoms with Crippen LogP contribution in [0.3, 0.4) is 0 Å². The zero-order valence-corrected chi connectivity index (χ0v) is 22.3. The molecule has 192 valence electrons. The van der Waals surface area contributed by atoms with Crippen LogP contribution < -0.4 is 10.6 Å². The van der Waals surface area contributed by atoms with Crippen molar-refractivity contribution in [2.24, 2.45) is 5.41 Å². The number of hydrogen-bond acceptors (Lipinski definition) is 2. The van der Waals surface area contributed by atoms with E-state index in [2.05, 4.69) is 49.6 Å². The molecular formula is C34H34N2O2. The third-order valence-electron chi connectivity index (χ3n) is 8.21. The van der Waals surface area contributed by atoms with Gasteiger partial charge >= 0.3 is 0 Å². The average molecular weight is 503 g/mol. The second kappa shape index (κ2) is 10.3. The summed E-state index contributed by atoms with van der Waals surface area (Å²) < 4.78 is 0. The van der Waals surface area contributed by atoms with Gasteiger partial charge in [-0.2, -0.15) is 0 Å².